The third kappa shape index (κ3) is 2.82. The van der Waals surface area contributed by atoms with Crippen molar-refractivity contribution in [3.63, 3.8) is 0 Å². The van der Waals surface area contributed by atoms with Crippen LogP contribution in [0.2, 0.25) is 0 Å². The van der Waals surface area contributed by atoms with Gasteiger partial charge in [-0.15, -0.1) is 0 Å². The van der Waals surface area contributed by atoms with Crippen LogP contribution < -0.4 is 5.73 Å². The maximum absolute atomic E-state index is 13.4. The number of hydrogen-bond donors (Lipinski definition) is 1. The lowest BCUT2D eigenvalue weighted by Crippen LogP contribution is -2.10. The van der Waals surface area contributed by atoms with Gasteiger partial charge in [0.15, 0.2) is 11.5 Å². The number of aryl methyl sites for hydroxylation is 1. The fourth-order valence-corrected chi connectivity index (χ4v) is 2.16. The van der Waals surface area contributed by atoms with E-state index in [1.54, 1.807) is 0 Å². The van der Waals surface area contributed by atoms with Gasteiger partial charge >= 0.3 is 12.1 Å². The van der Waals surface area contributed by atoms with Gasteiger partial charge in [-0.3, -0.25) is 0 Å². The van der Waals surface area contributed by atoms with E-state index in [4.69, 9.17) is 5.73 Å². The standard InChI is InChI=1S/C13H11F3N8O2/c1-23-10(11(25)26-2)20-9(22-23)6-7(13(14,15)16)21-24(8(6)17)12-18-4-3-5-19-12/h3-5H,17H2,1-2H3. The van der Waals surface area contributed by atoms with Gasteiger partial charge in [-0.1, -0.05) is 0 Å². The zero-order chi connectivity index (χ0) is 19.1. The Hall–Kier alpha value is -3.51. The van der Waals surface area contributed by atoms with E-state index < -0.39 is 35.0 Å². The molecule has 136 valence electrons. The number of alkyl halides is 3. The number of nitrogens with zero attached hydrogens (tertiary/aromatic N) is 7. The molecule has 13 heteroatoms. The van der Waals surface area contributed by atoms with Gasteiger partial charge in [0, 0.05) is 19.4 Å². The maximum Gasteiger partial charge on any atom is 0.436 e. The summed E-state index contributed by atoms with van der Waals surface area (Å²) in [6.45, 7) is 0. The molecule has 0 aliphatic carbocycles. The van der Waals surface area contributed by atoms with E-state index >= 15 is 0 Å². The maximum atomic E-state index is 13.4. The predicted molar refractivity (Wildman–Crippen MR) is 79.9 cm³/mol. The van der Waals surface area contributed by atoms with Gasteiger partial charge in [0.05, 0.1) is 12.7 Å². The summed E-state index contributed by atoms with van der Waals surface area (Å²) in [5.41, 5.74) is 3.93. The van der Waals surface area contributed by atoms with E-state index in [9.17, 15) is 18.0 Å². The molecular formula is C13H11F3N8O2. The Morgan fingerprint density at radius 1 is 1.23 bits per heavy atom. The van der Waals surface area contributed by atoms with Crippen molar-refractivity contribution in [1.82, 2.24) is 34.5 Å². The lowest BCUT2D eigenvalue weighted by molar-refractivity contribution is -0.140. The molecule has 0 aliphatic rings. The van der Waals surface area contributed by atoms with Crippen LogP contribution in [0.5, 0.6) is 0 Å². The van der Waals surface area contributed by atoms with Crippen LogP contribution in [-0.2, 0) is 18.0 Å². The van der Waals surface area contributed by atoms with Crippen LogP contribution >= 0.6 is 0 Å². The molecule has 0 bridgehead atoms. The van der Waals surface area contributed by atoms with Crippen LogP contribution in [0.15, 0.2) is 18.5 Å². The summed E-state index contributed by atoms with van der Waals surface area (Å²) in [7, 11) is 2.44. The number of anilines is 1. The quantitative estimate of drug-likeness (QED) is 0.674. The van der Waals surface area contributed by atoms with Crippen LogP contribution in [0.25, 0.3) is 17.3 Å². The number of halogens is 3. The monoisotopic (exact) mass is 368 g/mol. The third-order valence-corrected chi connectivity index (χ3v) is 3.29. The van der Waals surface area contributed by atoms with E-state index in [1.165, 1.54) is 25.5 Å². The van der Waals surface area contributed by atoms with Crippen molar-refractivity contribution in [2.45, 2.75) is 6.18 Å². The lowest BCUT2D eigenvalue weighted by atomic mass is 10.2. The highest BCUT2D eigenvalue weighted by molar-refractivity contribution is 5.86. The minimum absolute atomic E-state index is 0.161. The van der Waals surface area contributed by atoms with Crippen LogP contribution in [0, 0.1) is 0 Å². The third-order valence-electron chi connectivity index (χ3n) is 3.29. The van der Waals surface area contributed by atoms with E-state index in [2.05, 4.69) is 29.9 Å². The summed E-state index contributed by atoms with van der Waals surface area (Å²) >= 11 is 0. The topological polar surface area (TPSA) is 127 Å². The van der Waals surface area contributed by atoms with Crippen molar-refractivity contribution in [3.8, 4) is 17.3 Å². The van der Waals surface area contributed by atoms with Crippen LogP contribution in [-0.4, -0.2) is 47.6 Å². The number of aromatic nitrogens is 7. The molecule has 0 aromatic carbocycles. The molecule has 0 fully saturated rings. The van der Waals surface area contributed by atoms with Gasteiger partial charge in [0.1, 0.15) is 5.82 Å². The molecule has 0 aliphatic heterocycles. The first kappa shape index (κ1) is 17.3. The Bertz CT molecular complexity index is 964. The largest absolute Gasteiger partial charge is 0.463 e. The summed E-state index contributed by atoms with van der Waals surface area (Å²) in [4.78, 5) is 23.1. The number of carbonyl (C=O) groups is 1. The molecule has 0 unspecified atom stereocenters. The molecule has 10 nitrogen and oxygen atoms in total. The van der Waals surface area contributed by atoms with Crippen molar-refractivity contribution in [3.05, 3.63) is 30.0 Å². The van der Waals surface area contributed by atoms with Crippen molar-refractivity contribution < 1.29 is 22.7 Å². The zero-order valence-electron chi connectivity index (χ0n) is 13.4. The van der Waals surface area contributed by atoms with Gasteiger partial charge in [0.25, 0.3) is 5.95 Å². The molecule has 0 amide bonds. The Balaban J connectivity index is 2.24. The molecule has 0 atom stereocenters. The van der Waals surface area contributed by atoms with Crippen LogP contribution in [0.1, 0.15) is 16.3 Å². The first-order valence-electron chi connectivity index (χ1n) is 6.96. The molecule has 0 saturated heterocycles. The number of carbonyl (C=O) groups excluding carboxylic acids is 1. The summed E-state index contributed by atoms with van der Waals surface area (Å²) < 4.78 is 46.6. The number of nitrogens with two attached hydrogens (primary N) is 1. The van der Waals surface area contributed by atoms with E-state index in [0.29, 0.717) is 0 Å². The van der Waals surface area contributed by atoms with Gasteiger partial charge in [-0.25, -0.2) is 24.4 Å². The van der Waals surface area contributed by atoms with Gasteiger partial charge in [-0.05, 0) is 6.07 Å². The van der Waals surface area contributed by atoms with E-state index in [0.717, 1.165) is 16.5 Å². The van der Waals surface area contributed by atoms with Gasteiger partial charge in [0.2, 0.25) is 5.82 Å². The zero-order valence-corrected chi connectivity index (χ0v) is 13.4. The molecular weight excluding hydrogens is 357 g/mol. The second-order valence-corrected chi connectivity index (χ2v) is 4.94. The second kappa shape index (κ2) is 6.09. The molecule has 2 N–H and O–H groups in total. The molecule has 3 aromatic rings. The molecule has 3 rings (SSSR count). The minimum atomic E-state index is -4.85. The first-order chi connectivity index (χ1) is 12.2. The number of rotatable bonds is 3. The molecule has 3 heterocycles. The Morgan fingerprint density at radius 2 is 1.88 bits per heavy atom. The Morgan fingerprint density at radius 3 is 2.46 bits per heavy atom. The number of hydrogen-bond acceptors (Lipinski definition) is 8. The normalized spacial score (nSPS) is 11.6. The Labute approximate surface area is 143 Å². The van der Waals surface area contributed by atoms with Crippen molar-refractivity contribution >= 4 is 11.8 Å². The van der Waals surface area contributed by atoms with E-state index in [1.807, 2.05) is 0 Å². The van der Waals surface area contributed by atoms with Crippen molar-refractivity contribution in [2.75, 3.05) is 12.8 Å². The highest BCUT2D eigenvalue weighted by Crippen LogP contribution is 2.39. The second-order valence-electron chi connectivity index (χ2n) is 4.94. The predicted octanol–water partition coefficient (Wildman–Crippen LogP) is 0.845. The van der Waals surface area contributed by atoms with Crippen LogP contribution in [0.4, 0.5) is 19.0 Å². The number of ether oxygens (including phenoxy) is 1. The first-order valence-corrected chi connectivity index (χ1v) is 6.96. The average molecular weight is 368 g/mol. The SMILES string of the molecule is COC(=O)c1nc(-c2c(C(F)(F)F)nn(-c3ncccn3)c2N)nn1C. The molecule has 0 saturated carbocycles. The van der Waals surface area contributed by atoms with Crippen molar-refractivity contribution in [2.24, 2.45) is 7.05 Å². The lowest BCUT2D eigenvalue weighted by Gasteiger charge is -2.03. The van der Waals surface area contributed by atoms with Crippen molar-refractivity contribution in [1.29, 1.82) is 0 Å². The fraction of sp³-hybridized carbons (Fsp3) is 0.231. The van der Waals surface area contributed by atoms with E-state index in [-0.39, 0.29) is 11.8 Å². The number of esters is 1. The summed E-state index contributed by atoms with van der Waals surface area (Å²) in [5.74, 6) is -2.17. The number of nitrogen functional groups attached to an aromatic ring is 1. The molecule has 26 heavy (non-hydrogen) atoms. The Kier molecular flexibility index (Phi) is 4.06. The van der Waals surface area contributed by atoms with Crippen LogP contribution in [0.3, 0.4) is 0 Å². The van der Waals surface area contributed by atoms with Gasteiger partial charge in [-0.2, -0.15) is 28.1 Å². The van der Waals surface area contributed by atoms with Gasteiger partial charge < -0.3 is 10.5 Å². The summed E-state index contributed by atoms with van der Waals surface area (Å²) in [6.07, 6.45) is -2.20. The molecule has 0 radical (unpaired) electrons. The minimum Gasteiger partial charge on any atom is -0.463 e. The fourth-order valence-electron chi connectivity index (χ4n) is 2.16. The average Bonchev–Trinajstić information content (AvgIpc) is 3.15. The highest BCUT2D eigenvalue weighted by atomic mass is 19.4. The smallest absolute Gasteiger partial charge is 0.436 e. The summed E-state index contributed by atoms with van der Waals surface area (Å²) in [6, 6.07) is 1.48. The molecule has 0 spiro atoms. The number of methoxy groups -OCH3 is 1. The highest BCUT2D eigenvalue weighted by Gasteiger charge is 2.41. The summed E-state index contributed by atoms with van der Waals surface area (Å²) in [5, 5.41) is 7.29. The molecule has 3 aromatic heterocycles.